The highest BCUT2D eigenvalue weighted by atomic mass is 35.5. The Morgan fingerprint density at radius 2 is 1.89 bits per heavy atom. The number of para-hydroxylation sites is 1. The van der Waals surface area contributed by atoms with Gasteiger partial charge in [0.05, 0.1) is 22.5 Å². The molecule has 4 rings (SSSR count). The average Bonchev–Trinajstić information content (AvgIpc) is 3.15. The van der Waals surface area contributed by atoms with E-state index in [9.17, 15) is 4.79 Å². The number of benzene rings is 2. The van der Waals surface area contributed by atoms with Gasteiger partial charge in [-0.25, -0.2) is 4.98 Å². The Bertz CT molecular complexity index is 1130. The van der Waals surface area contributed by atoms with Crippen molar-refractivity contribution in [3.05, 3.63) is 59.6 Å². The summed E-state index contributed by atoms with van der Waals surface area (Å²) in [5.41, 5.74) is 3.36. The maximum Gasteiger partial charge on any atom is 0.277 e. The molecule has 7 heteroatoms. The molecule has 0 unspecified atom stereocenters. The number of rotatable bonds is 5. The lowest BCUT2D eigenvalue weighted by atomic mass is 10.0. The molecule has 0 fully saturated rings. The normalized spacial score (nSPS) is 11.0. The van der Waals surface area contributed by atoms with Gasteiger partial charge in [0, 0.05) is 16.0 Å². The molecule has 0 N–H and O–H groups in total. The minimum absolute atomic E-state index is 0.0548. The second-order valence-corrected chi connectivity index (χ2v) is 7.31. The van der Waals surface area contributed by atoms with E-state index in [1.54, 1.807) is 0 Å². The molecule has 0 radical (unpaired) electrons. The number of thioether (sulfide) groups is 1. The Morgan fingerprint density at radius 3 is 2.67 bits per heavy atom. The Balaban J connectivity index is 1.81. The van der Waals surface area contributed by atoms with Gasteiger partial charge >= 0.3 is 0 Å². The number of hydrogen-bond acceptors (Lipinski definition) is 6. The topological polar surface area (TPSA) is 68.9 Å². The van der Waals surface area contributed by atoms with Crippen LogP contribution in [-0.2, 0) is 4.79 Å². The van der Waals surface area contributed by atoms with Gasteiger partial charge in [-0.1, -0.05) is 53.7 Å². The number of ketones is 1. The molecule has 0 saturated heterocycles. The van der Waals surface area contributed by atoms with Gasteiger partial charge in [0.15, 0.2) is 0 Å². The van der Waals surface area contributed by atoms with Crippen LogP contribution in [0.15, 0.2) is 64.2 Å². The van der Waals surface area contributed by atoms with E-state index in [-0.39, 0.29) is 5.78 Å². The molecule has 27 heavy (non-hydrogen) atoms. The molecule has 0 amide bonds. The Hall–Kier alpha value is -2.70. The third-order valence-corrected chi connectivity index (χ3v) is 5.11. The van der Waals surface area contributed by atoms with Gasteiger partial charge in [-0.15, -0.1) is 10.2 Å². The van der Waals surface area contributed by atoms with Crippen LogP contribution < -0.4 is 0 Å². The fourth-order valence-electron chi connectivity index (χ4n) is 2.66. The predicted octanol–water partition coefficient (Wildman–Crippen LogP) is 5.29. The summed E-state index contributed by atoms with van der Waals surface area (Å²) >= 11 is 7.23. The smallest absolute Gasteiger partial charge is 0.277 e. The molecule has 4 aromatic rings. The summed E-state index contributed by atoms with van der Waals surface area (Å²) in [6.45, 7) is 1.53. The maximum absolute atomic E-state index is 11.2. The van der Waals surface area contributed by atoms with Crippen molar-refractivity contribution in [1.29, 1.82) is 0 Å². The van der Waals surface area contributed by atoms with E-state index < -0.39 is 0 Å². The van der Waals surface area contributed by atoms with E-state index >= 15 is 0 Å². The first-order valence-corrected chi connectivity index (χ1v) is 9.58. The summed E-state index contributed by atoms with van der Waals surface area (Å²) in [5.74, 6) is 0.753. The zero-order valence-corrected chi connectivity index (χ0v) is 15.9. The summed E-state index contributed by atoms with van der Waals surface area (Å²) in [5, 5.41) is 10.2. The molecule has 0 aliphatic heterocycles. The van der Waals surface area contributed by atoms with Gasteiger partial charge < -0.3 is 4.42 Å². The molecule has 134 valence electrons. The van der Waals surface area contributed by atoms with Crippen molar-refractivity contribution in [2.24, 2.45) is 0 Å². The summed E-state index contributed by atoms with van der Waals surface area (Å²) in [6, 6.07) is 17.2. The molecular formula is C20H14ClN3O2S. The van der Waals surface area contributed by atoms with Crippen molar-refractivity contribution < 1.29 is 9.21 Å². The number of nitrogens with zero attached hydrogens (tertiary/aromatic N) is 3. The highest BCUT2D eigenvalue weighted by Gasteiger charge is 2.15. The molecule has 0 aliphatic carbocycles. The van der Waals surface area contributed by atoms with Crippen LogP contribution in [0.1, 0.15) is 6.92 Å². The molecule has 0 aliphatic rings. The highest BCUT2D eigenvalue weighted by molar-refractivity contribution is 7.99. The van der Waals surface area contributed by atoms with Crippen molar-refractivity contribution in [3.63, 3.8) is 0 Å². The first-order chi connectivity index (χ1) is 13.1. The van der Waals surface area contributed by atoms with Crippen molar-refractivity contribution >= 4 is 40.0 Å². The van der Waals surface area contributed by atoms with Crippen LogP contribution in [0.5, 0.6) is 0 Å². The summed E-state index contributed by atoms with van der Waals surface area (Å²) in [4.78, 5) is 15.9. The van der Waals surface area contributed by atoms with Gasteiger partial charge in [-0.3, -0.25) is 4.79 Å². The minimum atomic E-state index is 0.0548. The lowest BCUT2D eigenvalue weighted by molar-refractivity contribution is -0.114. The van der Waals surface area contributed by atoms with E-state index in [0.29, 0.717) is 21.9 Å². The number of aromatic nitrogens is 3. The molecule has 2 aromatic heterocycles. The second-order valence-electron chi connectivity index (χ2n) is 5.94. The molecule has 2 aromatic carbocycles. The first-order valence-electron chi connectivity index (χ1n) is 8.22. The van der Waals surface area contributed by atoms with Gasteiger partial charge in [-0.2, -0.15) is 0 Å². The van der Waals surface area contributed by atoms with E-state index in [1.165, 1.54) is 18.7 Å². The molecule has 5 nitrogen and oxygen atoms in total. The monoisotopic (exact) mass is 395 g/mol. The fourth-order valence-corrected chi connectivity index (χ4v) is 3.35. The summed E-state index contributed by atoms with van der Waals surface area (Å²) in [6.07, 6.45) is 0. The minimum Gasteiger partial charge on any atom is -0.411 e. The summed E-state index contributed by atoms with van der Waals surface area (Å²) in [7, 11) is 0. The van der Waals surface area contributed by atoms with E-state index in [4.69, 9.17) is 21.0 Å². The van der Waals surface area contributed by atoms with E-state index in [1.807, 2.05) is 54.6 Å². The van der Waals surface area contributed by atoms with E-state index in [2.05, 4.69) is 10.2 Å². The van der Waals surface area contributed by atoms with Crippen LogP contribution in [-0.4, -0.2) is 26.7 Å². The standard InChI is InChI=1S/C20H14ClN3O2S/c1-12(25)11-27-20-24-23-19(26-20)16-10-18(13-6-8-14(21)9-7-13)22-17-5-3-2-4-15(16)17/h2-10H,11H2,1H3. The Morgan fingerprint density at radius 1 is 1.11 bits per heavy atom. The Kier molecular flexibility index (Phi) is 4.92. The van der Waals surface area contributed by atoms with Crippen molar-refractivity contribution in [1.82, 2.24) is 15.2 Å². The van der Waals surface area contributed by atoms with Crippen LogP contribution in [0, 0.1) is 0 Å². The van der Waals surface area contributed by atoms with Crippen LogP contribution in [0.2, 0.25) is 5.02 Å². The molecule has 0 spiro atoms. The number of carbonyl (C=O) groups excluding carboxylic acids is 1. The number of carbonyl (C=O) groups is 1. The van der Waals surface area contributed by atoms with Gasteiger partial charge in [0.2, 0.25) is 5.89 Å². The number of hydrogen-bond donors (Lipinski definition) is 0. The lowest BCUT2D eigenvalue weighted by Gasteiger charge is -2.07. The van der Waals surface area contributed by atoms with Gasteiger partial charge in [0.25, 0.3) is 5.22 Å². The largest absolute Gasteiger partial charge is 0.411 e. The molecular weight excluding hydrogens is 382 g/mol. The molecule has 0 atom stereocenters. The second kappa shape index (κ2) is 7.50. The fraction of sp³-hybridized carbons (Fsp3) is 0.100. The van der Waals surface area contributed by atoms with E-state index in [0.717, 1.165) is 27.7 Å². The maximum atomic E-state index is 11.2. The number of pyridine rings is 1. The molecule has 0 bridgehead atoms. The lowest BCUT2D eigenvalue weighted by Crippen LogP contribution is -1.92. The van der Waals surface area contributed by atoms with Crippen LogP contribution >= 0.6 is 23.4 Å². The average molecular weight is 396 g/mol. The first kappa shape index (κ1) is 17.7. The zero-order valence-electron chi connectivity index (χ0n) is 14.3. The van der Waals surface area contributed by atoms with Crippen LogP contribution in [0.4, 0.5) is 0 Å². The summed E-state index contributed by atoms with van der Waals surface area (Å²) < 4.78 is 5.78. The van der Waals surface area contributed by atoms with Gasteiger partial charge in [-0.05, 0) is 31.2 Å². The Labute approximate surface area is 164 Å². The van der Waals surface area contributed by atoms with Crippen molar-refractivity contribution in [2.75, 3.05) is 5.75 Å². The third kappa shape index (κ3) is 3.86. The number of fused-ring (bicyclic) bond motifs is 1. The zero-order chi connectivity index (χ0) is 18.8. The predicted molar refractivity (Wildman–Crippen MR) is 107 cm³/mol. The molecule has 2 heterocycles. The highest BCUT2D eigenvalue weighted by Crippen LogP contribution is 2.32. The van der Waals surface area contributed by atoms with Crippen molar-refractivity contribution in [3.8, 4) is 22.7 Å². The van der Waals surface area contributed by atoms with Crippen LogP contribution in [0.3, 0.4) is 0 Å². The third-order valence-electron chi connectivity index (χ3n) is 3.89. The van der Waals surface area contributed by atoms with Crippen molar-refractivity contribution in [2.45, 2.75) is 12.1 Å². The number of Topliss-reactive ketones (excluding diaryl/α,β-unsaturated/α-hetero) is 1. The quantitative estimate of drug-likeness (QED) is 0.428. The number of halogens is 1. The van der Waals surface area contributed by atoms with Crippen LogP contribution in [0.25, 0.3) is 33.6 Å². The SMILES string of the molecule is CC(=O)CSc1nnc(-c2cc(-c3ccc(Cl)cc3)nc3ccccc23)o1. The molecule has 0 saturated carbocycles. The van der Waals surface area contributed by atoms with Gasteiger partial charge in [0.1, 0.15) is 5.78 Å².